The van der Waals surface area contributed by atoms with E-state index in [0.717, 1.165) is 25.8 Å². The van der Waals surface area contributed by atoms with E-state index in [0.29, 0.717) is 4.47 Å². The Morgan fingerprint density at radius 2 is 1.87 bits per heavy atom. The van der Waals surface area contributed by atoms with Crippen LogP contribution in [0, 0.1) is 11.6 Å². The van der Waals surface area contributed by atoms with E-state index < -0.39 is 11.6 Å². The molecule has 4 heteroatoms. The van der Waals surface area contributed by atoms with Crippen LogP contribution in [-0.2, 0) is 0 Å². The number of benzene rings is 1. The standard InChI is InChI=1S/C11H12BrF2N/c12-7-5-8(13)11(9(14)6-7)10-3-1-2-4-15-10/h5-6,10,15H,1-4H2/t10-/m0/s1. The molecule has 1 aromatic rings. The first-order chi connectivity index (χ1) is 7.18. The minimum Gasteiger partial charge on any atom is -0.310 e. The van der Waals surface area contributed by atoms with E-state index in [2.05, 4.69) is 21.2 Å². The molecule has 1 aliphatic rings. The maximum Gasteiger partial charge on any atom is 0.132 e. The SMILES string of the molecule is Fc1cc(Br)cc(F)c1[C@@H]1CCCCN1. The van der Waals surface area contributed by atoms with Gasteiger partial charge in [-0.25, -0.2) is 8.78 Å². The first kappa shape index (κ1) is 11.0. The normalized spacial score (nSPS) is 21.7. The van der Waals surface area contributed by atoms with Crippen LogP contribution in [0.15, 0.2) is 16.6 Å². The maximum absolute atomic E-state index is 13.6. The Kier molecular flexibility index (Phi) is 3.36. The first-order valence-electron chi connectivity index (χ1n) is 5.06. The van der Waals surface area contributed by atoms with Gasteiger partial charge in [-0.15, -0.1) is 0 Å². The number of hydrogen-bond acceptors (Lipinski definition) is 1. The summed E-state index contributed by atoms with van der Waals surface area (Å²) in [6.07, 6.45) is 2.90. The van der Waals surface area contributed by atoms with E-state index in [4.69, 9.17) is 0 Å². The van der Waals surface area contributed by atoms with Crippen LogP contribution in [0.1, 0.15) is 30.9 Å². The fraction of sp³-hybridized carbons (Fsp3) is 0.455. The van der Waals surface area contributed by atoms with Gasteiger partial charge in [0.2, 0.25) is 0 Å². The largest absolute Gasteiger partial charge is 0.310 e. The average molecular weight is 276 g/mol. The highest BCUT2D eigenvalue weighted by molar-refractivity contribution is 9.10. The molecule has 1 atom stereocenters. The highest BCUT2D eigenvalue weighted by Crippen LogP contribution is 2.29. The molecule has 82 valence electrons. The quantitative estimate of drug-likeness (QED) is 0.827. The molecular formula is C11H12BrF2N. The lowest BCUT2D eigenvalue weighted by Gasteiger charge is -2.24. The van der Waals surface area contributed by atoms with Gasteiger partial charge >= 0.3 is 0 Å². The van der Waals surface area contributed by atoms with Gasteiger partial charge in [-0.2, -0.15) is 0 Å². The van der Waals surface area contributed by atoms with Gasteiger partial charge in [0, 0.05) is 16.1 Å². The predicted molar refractivity (Wildman–Crippen MR) is 58.7 cm³/mol. The molecule has 0 bridgehead atoms. The van der Waals surface area contributed by atoms with Gasteiger partial charge < -0.3 is 5.32 Å². The van der Waals surface area contributed by atoms with E-state index in [1.807, 2.05) is 0 Å². The van der Waals surface area contributed by atoms with Gasteiger partial charge in [0.25, 0.3) is 0 Å². The third-order valence-electron chi connectivity index (χ3n) is 2.70. The van der Waals surface area contributed by atoms with Gasteiger partial charge in [0.1, 0.15) is 11.6 Å². The Hall–Kier alpha value is -0.480. The molecule has 1 N–H and O–H groups in total. The molecule has 0 radical (unpaired) electrons. The summed E-state index contributed by atoms with van der Waals surface area (Å²) in [6, 6.07) is 2.45. The molecule has 1 saturated heterocycles. The molecule has 0 unspecified atom stereocenters. The summed E-state index contributed by atoms with van der Waals surface area (Å²) in [4.78, 5) is 0. The zero-order valence-electron chi connectivity index (χ0n) is 8.19. The second kappa shape index (κ2) is 4.58. The van der Waals surface area contributed by atoms with Crippen LogP contribution in [-0.4, -0.2) is 6.54 Å². The van der Waals surface area contributed by atoms with Crippen molar-refractivity contribution in [3.05, 3.63) is 33.8 Å². The van der Waals surface area contributed by atoms with Crippen molar-refractivity contribution >= 4 is 15.9 Å². The van der Waals surface area contributed by atoms with Crippen LogP contribution in [0.25, 0.3) is 0 Å². The van der Waals surface area contributed by atoms with E-state index in [9.17, 15) is 8.78 Å². The highest BCUT2D eigenvalue weighted by Gasteiger charge is 2.22. The van der Waals surface area contributed by atoms with Gasteiger partial charge in [0.05, 0.1) is 0 Å². The van der Waals surface area contributed by atoms with Crippen molar-refractivity contribution in [2.24, 2.45) is 0 Å². The van der Waals surface area contributed by atoms with Crippen molar-refractivity contribution in [3.63, 3.8) is 0 Å². The molecule has 0 spiro atoms. The Morgan fingerprint density at radius 3 is 2.40 bits per heavy atom. The summed E-state index contributed by atoms with van der Waals surface area (Å²) in [7, 11) is 0. The summed E-state index contributed by atoms with van der Waals surface area (Å²) in [5.74, 6) is -0.942. The minimum atomic E-state index is -0.471. The zero-order chi connectivity index (χ0) is 10.8. The predicted octanol–water partition coefficient (Wildman–Crippen LogP) is 3.54. The maximum atomic E-state index is 13.6. The summed E-state index contributed by atoms with van der Waals surface area (Å²) < 4.78 is 27.6. The van der Waals surface area contributed by atoms with E-state index in [1.54, 1.807) is 0 Å². The average Bonchev–Trinajstić information content (AvgIpc) is 2.17. The number of piperidine rings is 1. The second-order valence-corrected chi connectivity index (χ2v) is 4.70. The van der Waals surface area contributed by atoms with Crippen LogP contribution >= 0.6 is 15.9 Å². The lowest BCUT2D eigenvalue weighted by molar-refractivity contribution is 0.385. The van der Waals surface area contributed by atoms with Crippen molar-refractivity contribution in [2.45, 2.75) is 25.3 Å². The number of nitrogens with one attached hydrogen (secondary N) is 1. The number of halogens is 3. The van der Waals surface area contributed by atoms with Crippen LogP contribution in [0.3, 0.4) is 0 Å². The van der Waals surface area contributed by atoms with Crippen molar-refractivity contribution in [1.82, 2.24) is 5.32 Å². The lowest BCUT2D eigenvalue weighted by Crippen LogP contribution is -2.28. The van der Waals surface area contributed by atoms with Crippen LogP contribution < -0.4 is 5.32 Å². The molecule has 1 aromatic carbocycles. The number of hydrogen-bond donors (Lipinski definition) is 1. The molecule has 2 rings (SSSR count). The van der Waals surface area contributed by atoms with Crippen LogP contribution in [0.5, 0.6) is 0 Å². The van der Waals surface area contributed by atoms with Crippen molar-refractivity contribution in [2.75, 3.05) is 6.54 Å². The molecule has 0 amide bonds. The Labute approximate surface area is 96.0 Å². The molecule has 1 heterocycles. The Morgan fingerprint density at radius 1 is 1.20 bits per heavy atom. The van der Waals surface area contributed by atoms with Gasteiger partial charge in [-0.05, 0) is 31.5 Å². The van der Waals surface area contributed by atoms with E-state index >= 15 is 0 Å². The summed E-state index contributed by atoms with van der Waals surface area (Å²) >= 11 is 3.07. The van der Waals surface area contributed by atoms with Gasteiger partial charge in [-0.1, -0.05) is 22.4 Å². The zero-order valence-corrected chi connectivity index (χ0v) is 9.78. The summed E-state index contributed by atoms with van der Waals surface area (Å²) in [5.41, 5.74) is 0.179. The molecule has 0 aliphatic carbocycles. The number of rotatable bonds is 1. The van der Waals surface area contributed by atoms with Gasteiger partial charge in [0.15, 0.2) is 0 Å². The first-order valence-corrected chi connectivity index (χ1v) is 5.85. The highest BCUT2D eigenvalue weighted by atomic mass is 79.9. The third-order valence-corrected chi connectivity index (χ3v) is 3.16. The fourth-order valence-corrected chi connectivity index (χ4v) is 2.39. The molecular weight excluding hydrogens is 264 g/mol. The van der Waals surface area contributed by atoms with E-state index in [1.165, 1.54) is 12.1 Å². The molecule has 1 fully saturated rings. The topological polar surface area (TPSA) is 12.0 Å². The van der Waals surface area contributed by atoms with E-state index in [-0.39, 0.29) is 11.6 Å². The fourth-order valence-electron chi connectivity index (χ4n) is 1.98. The summed E-state index contributed by atoms with van der Waals surface area (Å²) in [5, 5.41) is 3.14. The van der Waals surface area contributed by atoms with Crippen molar-refractivity contribution < 1.29 is 8.78 Å². The Bertz CT molecular complexity index is 339. The van der Waals surface area contributed by atoms with Crippen molar-refractivity contribution in [1.29, 1.82) is 0 Å². The minimum absolute atomic E-state index is 0.174. The smallest absolute Gasteiger partial charge is 0.132 e. The van der Waals surface area contributed by atoms with Crippen LogP contribution in [0.2, 0.25) is 0 Å². The molecule has 1 aliphatic heterocycles. The van der Waals surface area contributed by atoms with Crippen molar-refractivity contribution in [3.8, 4) is 0 Å². The Balaban J connectivity index is 2.33. The molecule has 0 saturated carbocycles. The molecule has 15 heavy (non-hydrogen) atoms. The monoisotopic (exact) mass is 275 g/mol. The third kappa shape index (κ3) is 2.37. The van der Waals surface area contributed by atoms with Gasteiger partial charge in [-0.3, -0.25) is 0 Å². The van der Waals surface area contributed by atoms with Crippen LogP contribution in [0.4, 0.5) is 8.78 Å². The molecule has 0 aromatic heterocycles. The lowest BCUT2D eigenvalue weighted by atomic mass is 9.97. The summed E-state index contributed by atoms with van der Waals surface area (Å²) in [6.45, 7) is 0.833. The molecule has 1 nitrogen and oxygen atoms in total. The second-order valence-electron chi connectivity index (χ2n) is 3.79.